The molecule has 0 fully saturated rings. The summed E-state index contributed by atoms with van der Waals surface area (Å²) in [6, 6.07) is 10.1. The molecule has 0 bridgehead atoms. The van der Waals surface area contributed by atoms with E-state index in [0.717, 1.165) is 11.3 Å². The number of aromatic hydroxyl groups is 1. The van der Waals surface area contributed by atoms with Crippen molar-refractivity contribution in [3.05, 3.63) is 58.9 Å². The van der Waals surface area contributed by atoms with Crippen LogP contribution in [0.25, 0.3) is 0 Å². The van der Waals surface area contributed by atoms with E-state index >= 15 is 0 Å². The molecule has 0 heterocycles. The lowest BCUT2D eigenvalue weighted by molar-refractivity contribution is 0.299. The Morgan fingerprint density at radius 1 is 1.10 bits per heavy atom. The number of aliphatic hydroxyl groups is 1. The van der Waals surface area contributed by atoms with Crippen molar-refractivity contribution in [3.63, 3.8) is 0 Å². The molecule has 2 aromatic rings. The van der Waals surface area contributed by atoms with Gasteiger partial charge >= 0.3 is 0 Å². The Labute approximate surface area is 117 Å². The van der Waals surface area contributed by atoms with E-state index in [1.807, 2.05) is 12.1 Å². The molecule has 106 valence electrons. The van der Waals surface area contributed by atoms with Gasteiger partial charge < -0.3 is 14.9 Å². The van der Waals surface area contributed by atoms with Crippen LogP contribution in [0.2, 0.25) is 0 Å². The third-order valence-electron chi connectivity index (χ3n) is 3.17. The summed E-state index contributed by atoms with van der Waals surface area (Å²) in [5, 5.41) is 18.8. The van der Waals surface area contributed by atoms with E-state index in [1.54, 1.807) is 19.2 Å². The third-order valence-corrected chi connectivity index (χ3v) is 3.17. The van der Waals surface area contributed by atoms with Crippen LogP contribution in [0.15, 0.2) is 36.4 Å². The second-order valence-electron chi connectivity index (χ2n) is 4.57. The summed E-state index contributed by atoms with van der Waals surface area (Å²) in [4.78, 5) is 0. The van der Waals surface area contributed by atoms with E-state index in [4.69, 9.17) is 9.84 Å². The van der Waals surface area contributed by atoms with E-state index < -0.39 is 5.82 Å². The summed E-state index contributed by atoms with van der Waals surface area (Å²) < 4.78 is 19.1. The summed E-state index contributed by atoms with van der Waals surface area (Å²) in [7, 11) is 1.58. The second-order valence-corrected chi connectivity index (χ2v) is 4.57. The number of hydrogen-bond donors (Lipinski definition) is 2. The molecule has 4 heteroatoms. The predicted molar refractivity (Wildman–Crippen MR) is 74.7 cm³/mol. The molecule has 0 aromatic heterocycles. The molecule has 0 unspecified atom stereocenters. The van der Waals surface area contributed by atoms with Crippen molar-refractivity contribution < 1.29 is 19.3 Å². The standard InChI is InChI=1S/C16H17FO3/c1-20-13-4-2-11(3-5-13)8-14-15(17)9-12(6-7-18)10-16(14)19/h2-5,9-10,18-19H,6-8H2,1H3. The first-order valence-electron chi connectivity index (χ1n) is 6.38. The van der Waals surface area contributed by atoms with Crippen LogP contribution in [-0.2, 0) is 12.8 Å². The SMILES string of the molecule is COc1ccc(Cc2c(O)cc(CCO)cc2F)cc1. The van der Waals surface area contributed by atoms with E-state index in [9.17, 15) is 9.50 Å². The minimum Gasteiger partial charge on any atom is -0.508 e. The highest BCUT2D eigenvalue weighted by Crippen LogP contribution is 2.26. The van der Waals surface area contributed by atoms with Gasteiger partial charge in [-0.1, -0.05) is 12.1 Å². The molecule has 0 spiro atoms. The van der Waals surface area contributed by atoms with Crippen LogP contribution >= 0.6 is 0 Å². The van der Waals surface area contributed by atoms with Gasteiger partial charge in [-0.05, 0) is 41.8 Å². The van der Waals surface area contributed by atoms with E-state index in [2.05, 4.69) is 0 Å². The van der Waals surface area contributed by atoms with Gasteiger partial charge in [-0.3, -0.25) is 0 Å². The van der Waals surface area contributed by atoms with E-state index in [1.165, 1.54) is 12.1 Å². The summed E-state index contributed by atoms with van der Waals surface area (Å²) >= 11 is 0. The van der Waals surface area contributed by atoms with Gasteiger partial charge in [0, 0.05) is 18.6 Å². The van der Waals surface area contributed by atoms with Crippen LogP contribution in [0.3, 0.4) is 0 Å². The third kappa shape index (κ3) is 3.27. The van der Waals surface area contributed by atoms with Crippen LogP contribution in [0.4, 0.5) is 4.39 Å². The lowest BCUT2D eigenvalue weighted by Crippen LogP contribution is -1.98. The van der Waals surface area contributed by atoms with Crippen molar-refractivity contribution in [2.24, 2.45) is 0 Å². The Balaban J connectivity index is 2.23. The van der Waals surface area contributed by atoms with Crippen molar-refractivity contribution in [2.75, 3.05) is 13.7 Å². The zero-order valence-corrected chi connectivity index (χ0v) is 11.3. The highest BCUT2D eigenvalue weighted by atomic mass is 19.1. The number of phenolic OH excluding ortho intramolecular Hbond substituents is 1. The molecule has 20 heavy (non-hydrogen) atoms. The van der Waals surface area contributed by atoms with Crippen LogP contribution in [0, 0.1) is 5.82 Å². The lowest BCUT2D eigenvalue weighted by Gasteiger charge is -2.09. The van der Waals surface area contributed by atoms with Gasteiger partial charge in [-0.15, -0.1) is 0 Å². The Morgan fingerprint density at radius 3 is 2.35 bits per heavy atom. The van der Waals surface area contributed by atoms with Gasteiger partial charge in [0.15, 0.2) is 0 Å². The summed E-state index contributed by atoms with van der Waals surface area (Å²) in [5.41, 5.74) is 1.73. The minimum absolute atomic E-state index is 0.0727. The molecule has 0 saturated heterocycles. The minimum atomic E-state index is -0.454. The second kappa shape index (κ2) is 6.39. The van der Waals surface area contributed by atoms with Crippen LogP contribution in [0.1, 0.15) is 16.7 Å². The van der Waals surface area contributed by atoms with E-state index in [-0.39, 0.29) is 17.9 Å². The Morgan fingerprint density at radius 2 is 1.80 bits per heavy atom. The predicted octanol–water partition coefficient (Wildman–Crippen LogP) is 2.67. The zero-order valence-electron chi connectivity index (χ0n) is 11.3. The average Bonchev–Trinajstić information content (AvgIpc) is 2.44. The molecular formula is C16H17FO3. The fraction of sp³-hybridized carbons (Fsp3) is 0.250. The summed E-state index contributed by atoms with van der Waals surface area (Å²) in [6.07, 6.45) is 0.633. The molecule has 0 radical (unpaired) electrons. The smallest absolute Gasteiger partial charge is 0.130 e. The lowest BCUT2D eigenvalue weighted by atomic mass is 10.0. The molecule has 0 saturated carbocycles. The van der Waals surface area contributed by atoms with Crippen LogP contribution in [-0.4, -0.2) is 23.9 Å². The average molecular weight is 276 g/mol. The molecule has 2 aromatic carbocycles. The van der Waals surface area contributed by atoms with Crippen LogP contribution < -0.4 is 4.74 Å². The van der Waals surface area contributed by atoms with E-state index in [0.29, 0.717) is 18.4 Å². The molecule has 0 aliphatic carbocycles. The number of aliphatic hydroxyl groups excluding tert-OH is 1. The maximum absolute atomic E-state index is 14.0. The molecule has 0 atom stereocenters. The fourth-order valence-corrected chi connectivity index (χ4v) is 2.07. The normalized spacial score (nSPS) is 10.6. The van der Waals surface area contributed by atoms with Crippen molar-refractivity contribution in [1.82, 2.24) is 0 Å². The Hall–Kier alpha value is -2.07. The monoisotopic (exact) mass is 276 g/mol. The molecule has 0 amide bonds. The summed E-state index contributed by atoms with van der Waals surface area (Å²) in [5.74, 6) is 0.199. The van der Waals surface area contributed by atoms with Gasteiger partial charge in [-0.25, -0.2) is 4.39 Å². The maximum atomic E-state index is 14.0. The summed E-state index contributed by atoms with van der Waals surface area (Å²) in [6.45, 7) is -0.0727. The number of hydrogen-bond acceptors (Lipinski definition) is 3. The van der Waals surface area contributed by atoms with Crippen molar-refractivity contribution in [2.45, 2.75) is 12.8 Å². The first kappa shape index (κ1) is 14.3. The number of ether oxygens (including phenoxy) is 1. The Bertz CT molecular complexity index is 556. The fourth-order valence-electron chi connectivity index (χ4n) is 2.07. The van der Waals surface area contributed by atoms with Crippen molar-refractivity contribution >= 4 is 0 Å². The topological polar surface area (TPSA) is 49.7 Å². The van der Waals surface area contributed by atoms with Crippen LogP contribution in [0.5, 0.6) is 11.5 Å². The molecule has 0 aliphatic rings. The molecule has 2 rings (SSSR count). The molecule has 0 aliphatic heterocycles. The first-order chi connectivity index (χ1) is 9.63. The van der Waals surface area contributed by atoms with Gasteiger partial charge in [0.2, 0.25) is 0 Å². The van der Waals surface area contributed by atoms with Gasteiger partial charge in [0.25, 0.3) is 0 Å². The maximum Gasteiger partial charge on any atom is 0.130 e. The largest absolute Gasteiger partial charge is 0.508 e. The number of rotatable bonds is 5. The zero-order chi connectivity index (χ0) is 14.5. The first-order valence-corrected chi connectivity index (χ1v) is 6.38. The Kier molecular flexibility index (Phi) is 4.58. The van der Waals surface area contributed by atoms with Crippen molar-refractivity contribution in [1.29, 1.82) is 0 Å². The van der Waals surface area contributed by atoms with Crippen molar-refractivity contribution in [3.8, 4) is 11.5 Å². The molecular weight excluding hydrogens is 259 g/mol. The highest BCUT2D eigenvalue weighted by Gasteiger charge is 2.11. The number of phenols is 1. The molecule has 3 nitrogen and oxygen atoms in total. The number of halogens is 1. The number of methoxy groups -OCH3 is 1. The van der Waals surface area contributed by atoms with Gasteiger partial charge in [-0.2, -0.15) is 0 Å². The number of benzene rings is 2. The van der Waals surface area contributed by atoms with Gasteiger partial charge in [0.1, 0.15) is 17.3 Å². The molecule has 2 N–H and O–H groups in total. The van der Waals surface area contributed by atoms with Gasteiger partial charge in [0.05, 0.1) is 7.11 Å². The quantitative estimate of drug-likeness (QED) is 0.882. The highest BCUT2D eigenvalue weighted by molar-refractivity contribution is 5.41.